The first-order valence-electron chi connectivity index (χ1n) is 5.15. The van der Waals surface area contributed by atoms with Gasteiger partial charge in [-0.05, 0) is 24.3 Å². The molecule has 1 unspecified atom stereocenters. The molecule has 0 saturated carbocycles. The van der Waals surface area contributed by atoms with Gasteiger partial charge in [0.15, 0.2) is 0 Å². The summed E-state index contributed by atoms with van der Waals surface area (Å²) in [6.07, 6.45) is 1.45. The van der Waals surface area contributed by atoms with E-state index in [4.69, 9.17) is 9.29 Å². The van der Waals surface area contributed by atoms with Crippen LogP contribution >= 0.6 is 0 Å². The van der Waals surface area contributed by atoms with E-state index >= 15 is 0 Å². The van der Waals surface area contributed by atoms with E-state index in [0.29, 0.717) is 24.0 Å². The Morgan fingerprint density at radius 3 is 2.28 bits per heavy atom. The molecule has 7 heteroatoms. The molecule has 96 valence electrons. The minimum absolute atomic E-state index is 0. The second-order valence-corrected chi connectivity index (χ2v) is 5.09. The van der Waals surface area contributed by atoms with Crippen molar-refractivity contribution < 1.29 is 22.5 Å². The van der Waals surface area contributed by atoms with Crippen LogP contribution in [0, 0.1) is 0 Å². The molecular formula is C11H15KO5S. The number of aldehydes is 1. The molecule has 0 heterocycles. The number of ether oxygens (including phenoxy) is 1. The Morgan fingerprint density at radius 1 is 1.33 bits per heavy atom. The number of hydrogen-bond acceptors (Lipinski definition) is 4. The van der Waals surface area contributed by atoms with Crippen molar-refractivity contribution in [1.29, 1.82) is 0 Å². The summed E-state index contributed by atoms with van der Waals surface area (Å²) in [5.74, 6) is 0.298. The maximum atomic E-state index is 11.0. The monoisotopic (exact) mass is 298 g/mol. The molecule has 1 aromatic carbocycles. The molecule has 1 N–H and O–H groups in total. The topological polar surface area (TPSA) is 80.7 Å². The van der Waals surface area contributed by atoms with E-state index in [1.165, 1.54) is 24.3 Å². The molecule has 0 spiro atoms. The van der Waals surface area contributed by atoms with Gasteiger partial charge in [-0.25, -0.2) is 0 Å². The number of rotatable bonds is 6. The molecule has 1 rings (SSSR count). The van der Waals surface area contributed by atoms with Gasteiger partial charge in [0.1, 0.15) is 12.0 Å². The predicted molar refractivity (Wildman–Crippen MR) is 69.9 cm³/mol. The van der Waals surface area contributed by atoms with Gasteiger partial charge in [-0.3, -0.25) is 9.35 Å². The molecule has 0 aliphatic heterocycles. The fourth-order valence-corrected chi connectivity index (χ4v) is 2.05. The van der Waals surface area contributed by atoms with Gasteiger partial charge in [0.05, 0.1) is 0 Å². The predicted octanol–water partition coefficient (Wildman–Crippen LogP) is 1.24. The fraction of sp³-hybridized carbons (Fsp3) is 0.364. The van der Waals surface area contributed by atoms with Crippen molar-refractivity contribution in [2.45, 2.75) is 25.2 Å². The van der Waals surface area contributed by atoms with Crippen LogP contribution in [0.1, 0.15) is 30.1 Å². The van der Waals surface area contributed by atoms with Crippen molar-refractivity contribution >= 4 is 67.8 Å². The zero-order chi connectivity index (χ0) is 12.9. The summed E-state index contributed by atoms with van der Waals surface area (Å²) in [6.45, 7) is 1.79. The summed E-state index contributed by atoms with van der Waals surface area (Å²) >= 11 is 0. The van der Waals surface area contributed by atoms with Gasteiger partial charge in [-0.2, -0.15) is 8.42 Å². The molecule has 1 aromatic rings. The summed E-state index contributed by atoms with van der Waals surface area (Å²) < 4.78 is 36.2. The molecule has 0 aliphatic carbocycles. The molecule has 0 radical (unpaired) electrons. The van der Waals surface area contributed by atoms with Gasteiger partial charge < -0.3 is 4.74 Å². The average Bonchev–Trinajstić information content (AvgIpc) is 2.28. The van der Waals surface area contributed by atoms with Crippen molar-refractivity contribution in [3.63, 3.8) is 0 Å². The van der Waals surface area contributed by atoms with E-state index in [1.54, 1.807) is 6.92 Å². The van der Waals surface area contributed by atoms with E-state index in [-0.39, 0.29) is 57.8 Å². The maximum absolute atomic E-state index is 11.0. The summed E-state index contributed by atoms with van der Waals surface area (Å²) in [5.41, 5.74) is -0.800. The first kappa shape index (κ1) is 18.2. The SMILES string of the molecule is CCCC(Oc1ccc(C=O)cc1)S(=O)(=O)O.[KH]. The Balaban J connectivity index is 0.00000289. The van der Waals surface area contributed by atoms with Crippen molar-refractivity contribution in [3.8, 4) is 5.75 Å². The second kappa shape index (κ2) is 8.42. The van der Waals surface area contributed by atoms with E-state index in [9.17, 15) is 13.2 Å². The molecule has 0 aromatic heterocycles. The Kier molecular flexibility index (Phi) is 8.53. The number of benzene rings is 1. The van der Waals surface area contributed by atoms with Crippen LogP contribution in [0.25, 0.3) is 0 Å². The molecule has 0 fully saturated rings. The molecule has 18 heavy (non-hydrogen) atoms. The van der Waals surface area contributed by atoms with Crippen molar-refractivity contribution in [1.82, 2.24) is 0 Å². The van der Waals surface area contributed by atoms with Gasteiger partial charge in [0, 0.05) is 12.0 Å². The zero-order valence-corrected chi connectivity index (χ0v) is 10.2. The summed E-state index contributed by atoms with van der Waals surface area (Å²) in [4.78, 5) is 10.4. The van der Waals surface area contributed by atoms with Crippen molar-refractivity contribution in [2.24, 2.45) is 0 Å². The summed E-state index contributed by atoms with van der Waals surface area (Å²) in [6, 6.07) is 5.99. The number of carbonyl (C=O) groups excluding carboxylic acids is 1. The normalized spacial score (nSPS) is 12.3. The second-order valence-electron chi connectivity index (χ2n) is 3.54. The Labute approximate surface area is 149 Å². The van der Waals surface area contributed by atoms with Gasteiger partial charge in [0.25, 0.3) is 0 Å². The third-order valence-electron chi connectivity index (χ3n) is 2.14. The Bertz CT molecular complexity index is 469. The first-order chi connectivity index (χ1) is 7.97. The van der Waals surface area contributed by atoms with Gasteiger partial charge in [-0.15, -0.1) is 0 Å². The van der Waals surface area contributed by atoms with Crippen LogP contribution < -0.4 is 4.74 Å². The molecule has 1 atom stereocenters. The van der Waals surface area contributed by atoms with Gasteiger partial charge >= 0.3 is 61.5 Å². The van der Waals surface area contributed by atoms with Crippen molar-refractivity contribution in [2.75, 3.05) is 0 Å². The van der Waals surface area contributed by atoms with Gasteiger partial charge in [-0.1, -0.05) is 13.3 Å². The van der Waals surface area contributed by atoms with Crippen LogP contribution in [0.3, 0.4) is 0 Å². The molecule has 5 nitrogen and oxygen atoms in total. The van der Waals surface area contributed by atoms with Crippen LogP contribution in [-0.2, 0) is 10.1 Å². The molecule has 0 aliphatic rings. The van der Waals surface area contributed by atoms with E-state index in [1.807, 2.05) is 0 Å². The number of carbonyl (C=O) groups is 1. The number of hydrogen-bond donors (Lipinski definition) is 1. The van der Waals surface area contributed by atoms with Crippen LogP contribution in [0.5, 0.6) is 5.75 Å². The Morgan fingerprint density at radius 2 is 1.89 bits per heavy atom. The van der Waals surface area contributed by atoms with Crippen LogP contribution in [0.2, 0.25) is 0 Å². The molecular weight excluding hydrogens is 283 g/mol. The third kappa shape index (κ3) is 5.92. The summed E-state index contributed by atoms with van der Waals surface area (Å²) in [7, 11) is -4.23. The summed E-state index contributed by atoms with van der Waals surface area (Å²) in [5, 5.41) is 0. The first-order valence-corrected chi connectivity index (χ1v) is 6.66. The van der Waals surface area contributed by atoms with Crippen molar-refractivity contribution in [3.05, 3.63) is 29.8 Å². The zero-order valence-electron chi connectivity index (χ0n) is 9.37. The van der Waals surface area contributed by atoms with E-state index in [2.05, 4.69) is 0 Å². The quantitative estimate of drug-likeness (QED) is 0.485. The van der Waals surface area contributed by atoms with Crippen LogP contribution in [0.15, 0.2) is 24.3 Å². The average molecular weight is 298 g/mol. The van der Waals surface area contributed by atoms with E-state index < -0.39 is 15.6 Å². The third-order valence-corrected chi connectivity index (χ3v) is 3.14. The Hall–Kier alpha value is 0.236. The molecule has 0 saturated heterocycles. The van der Waals surface area contributed by atoms with E-state index in [0.717, 1.165) is 0 Å². The fourth-order valence-electron chi connectivity index (χ4n) is 1.28. The standard InChI is InChI=1S/C11H14O5S.K.H/c1-2-3-11(17(13,14)15)16-10-6-4-9(8-12)5-7-10;;/h4-8,11H,2-3H2,1H3,(H,13,14,15);;. The molecule has 0 amide bonds. The minimum atomic E-state index is -4.23. The van der Waals surface area contributed by atoms with Gasteiger partial charge in [0.2, 0.25) is 5.44 Å². The van der Waals surface area contributed by atoms with Crippen LogP contribution in [-0.4, -0.2) is 76.1 Å². The molecule has 0 bridgehead atoms. The van der Waals surface area contributed by atoms with Crippen LogP contribution in [0.4, 0.5) is 0 Å².